The van der Waals surface area contributed by atoms with Crippen LogP contribution >= 0.6 is 27.5 Å². The molecule has 0 fully saturated rings. The van der Waals surface area contributed by atoms with Gasteiger partial charge in [0.1, 0.15) is 5.82 Å². The third-order valence-electron chi connectivity index (χ3n) is 3.03. The van der Waals surface area contributed by atoms with Crippen LogP contribution in [0.5, 0.6) is 0 Å². The summed E-state index contributed by atoms with van der Waals surface area (Å²) in [6.07, 6.45) is 0.652. The fourth-order valence-corrected chi connectivity index (χ4v) is 3.27. The van der Waals surface area contributed by atoms with E-state index in [0.29, 0.717) is 16.8 Å². The number of rotatable bonds is 5. The molecule has 1 heterocycles. The maximum atomic E-state index is 13.3. The Labute approximate surface area is 129 Å². The molecule has 0 spiro atoms. The smallest absolute Gasteiger partial charge is 0.137 e. The van der Waals surface area contributed by atoms with Crippen molar-refractivity contribution in [3.05, 3.63) is 44.6 Å². The first-order chi connectivity index (χ1) is 9.52. The van der Waals surface area contributed by atoms with Gasteiger partial charge >= 0.3 is 0 Å². The van der Waals surface area contributed by atoms with Crippen LogP contribution in [0.3, 0.4) is 0 Å². The summed E-state index contributed by atoms with van der Waals surface area (Å²) in [7, 11) is 0. The number of nitrogens with two attached hydrogens (primary N) is 1. The number of hydrazine groups is 1. The molecule has 0 radical (unpaired) electrons. The van der Waals surface area contributed by atoms with E-state index < -0.39 is 0 Å². The van der Waals surface area contributed by atoms with Crippen LogP contribution in [0.2, 0.25) is 0 Å². The second kappa shape index (κ2) is 6.71. The first-order valence-corrected chi connectivity index (χ1v) is 7.81. The van der Waals surface area contributed by atoms with Gasteiger partial charge in [0.15, 0.2) is 0 Å². The number of halogens is 2. The molecule has 0 aliphatic carbocycles. The molecule has 7 heteroatoms. The summed E-state index contributed by atoms with van der Waals surface area (Å²) in [5, 5.41) is 4.16. The lowest BCUT2D eigenvalue weighted by Gasteiger charge is -2.16. The van der Waals surface area contributed by atoms with E-state index in [1.807, 2.05) is 0 Å². The fraction of sp³-hybridized carbons (Fsp3) is 0.385. The molecule has 0 amide bonds. The van der Waals surface area contributed by atoms with Crippen molar-refractivity contribution in [2.45, 2.75) is 32.2 Å². The number of nitrogens with zero attached hydrogens (tertiary/aromatic N) is 2. The van der Waals surface area contributed by atoms with Gasteiger partial charge in [0.25, 0.3) is 0 Å². The topological polar surface area (TPSA) is 63.8 Å². The summed E-state index contributed by atoms with van der Waals surface area (Å²) in [4.78, 5) is 1.03. The first kappa shape index (κ1) is 15.5. The number of aromatic nitrogens is 2. The maximum absolute atomic E-state index is 13.3. The van der Waals surface area contributed by atoms with Crippen molar-refractivity contribution in [3.8, 4) is 0 Å². The summed E-state index contributed by atoms with van der Waals surface area (Å²) in [5.74, 6) is 5.69. The summed E-state index contributed by atoms with van der Waals surface area (Å²) >= 11 is 4.54. The Bertz CT molecular complexity index is 588. The van der Waals surface area contributed by atoms with Gasteiger partial charge in [0.2, 0.25) is 0 Å². The van der Waals surface area contributed by atoms with Crippen molar-refractivity contribution >= 4 is 27.5 Å². The Morgan fingerprint density at radius 1 is 1.45 bits per heavy atom. The van der Waals surface area contributed by atoms with Gasteiger partial charge < -0.3 is 0 Å². The molecule has 1 aromatic heterocycles. The van der Waals surface area contributed by atoms with E-state index in [0.717, 1.165) is 16.1 Å². The van der Waals surface area contributed by atoms with Crippen LogP contribution in [0.1, 0.15) is 41.9 Å². The Morgan fingerprint density at radius 3 is 2.80 bits per heavy atom. The zero-order chi connectivity index (χ0) is 14.7. The van der Waals surface area contributed by atoms with Crippen LogP contribution in [0.25, 0.3) is 0 Å². The van der Waals surface area contributed by atoms with Crippen molar-refractivity contribution in [1.82, 2.24) is 15.0 Å². The van der Waals surface area contributed by atoms with Crippen molar-refractivity contribution in [2.75, 3.05) is 0 Å². The molecular weight excluding hydrogens is 343 g/mol. The van der Waals surface area contributed by atoms with Gasteiger partial charge in [-0.2, -0.15) is 0 Å². The minimum absolute atomic E-state index is 0.0789. The lowest BCUT2D eigenvalue weighted by molar-refractivity contribution is 0.549. The second-order valence-corrected chi connectivity index (χ2v) is 6.49. The van der Waals surface area contributed by atoms with Gasteiger partial charge in [0.05, 0.1) is 21.1 Å². The number of benzene rings is 1. The Morgan fingerprint density at radius 2 is 2.20 bits per heavy atom. The highest BCUT2D eigenvalue weighted by atomic mass is 79.9. The Hall–Kier alpha value is -0.890. The van der Waals surface area contributed by atoms with E-state index in [2.05, 4.69) is 44.8 Å². The van der Waals surface area contributed by atoms with Crippen molar-refractivity contribution in [2.24, 2.45) is 5.84 Å². The molecule has 4 nitrogen and oxygen atoms in total. The van der Waals surface area contributed by atoms with E-state index in [4.69, 9.17) is 5.84 Å². The zero-order valence-corrected chi connectivity index (χ0v) is 13.6. The molecule has 0 bridgehead atoms. The molecule has 0 aliphatic heterocycles. The molecule has 2 aromatic rings. The third kappa shape index (κ3) is 3.41. The quantitative estimate of drug-likeness (QED) is 0.635. The van der Waals surface area contributed by atoms with E-state index in [9.17, 15) is 4.39 Å². The lowest BCUT2D eigenvalue weighted by atomic mass is 10.0. The molecule has 1 unspecified atom stereocenters. The summed E-state index contributed by atoms with van der Waals surface area (Å²) in [6, 6.07) is 4.89. The molecule has 0 aliphatic rings. The monoisotopic (exact) mass is 358 g/mol. The molecule has 108 valence electrons. The van der Waals surface area contributed by atoms with Crippen LogP contribution in [0.4, 0.5) is 4.39 Å². The molecule has 0 saturated carbocycles. The highest BCUT2D eigenvalue weighted by Crippen LogP contribution is 2.29. The van der Waals surface area contributed by atoms with Crippen LogP contribution in [-0.4, -0.2) is 9.59 Å². The molecule has 2 rings (SSSR count). The first-order valence-electron chi connectivity index (χ1n) is 6.25. The van der Waals surface area contributed by atoms with Gasteiger partial charge in [-0.25, -0.2) is 4.39 Å². The van der Waals surface area contributed by atoms with Gasteiger partial charge in [-0.1, -0.05) is 24.4 Å². The molecular formula is C13H16BrFN4S. The van der Waals surface area contributed by atoms with Gasteiger partial charge in [-0.3, -0.25) is 11.3 Å². The molecule has 20 heavy (non-hydrogen) atoms. The predicted octanol–water partition coefficient (Wildman–Crippen LogP) is 3.31. The van der Waals surface area contributed by atoms with Crippen molar-refractivity contribution < 1.29 is 4.39 Å². The average molecular weight is 359 g/mol. The van der Waals surface area contributed by atoms with Crippen molar-refractivity contribution in [1.29, 1.82) is 0 Å². The van der Waals surface area contributed by atoms with Crippen LogP contribution in [0.15, 0.2) is 22.7 Å². The standard InChI is InChI=1S/C13H16BrFN4S/c1-7(2)12-13(20-19-18-12)11(17-16)6-8-3-4-10(15)9(14)5-8/h3-5,7,11,17H,6,16H2,1-2H3. The molecule has 3 N–H and O–H groups in total. The summed E-state index contributed by atoms with van der Waals surface area (Å²) in [6.45, 7) is 4.14. The average Bonchev–Trinajstić information content (AvgIpc) is 2.89. The summed E-state index contributed by atoms with van der Waals surface area (Å²) in [5.41, 5.74) is 4.75. The van der Waals surface area contributed by atoms with Crippen LogP contribution < -0.4 is 11.3 Å². The van der Waals surface area contributed by atoms with Crippen LogP contribution in [0, 0.1) is 5.82 Å². The highest BCUT2D eigenvalue weighted by Gasteiger charge is 2.20. The lowest BCUT2D eigenvalue weighted by Crippen LogP contribution is -2.29. The van der Waals surface area contributed by atoms with E-state index in [-0.39, 0.29) is 11.9 Å². The molecule has 1 aromatic carbocycles. The van der Waals surface area contributed by atoms with Gasteiger partial charge in [-0.05, 0) is 57.5 Å². The second-order valence-electron chi connectivity index (χ2n) is 4.85. The molecule has 1 atom stereocenters. The van der Waals surface area contributed by atoms with E-state index >= 15 is 0 Å². The highest BCUT2D eigenvalue weighted by molar-refractivity contribution is 9.10. The minimum Gasteiger partial charge on any atom is -0.271 e. The normalized spacial score (nSPS) is 12.9. The maximum Gasteiger partial charge on any atom is 0.137 e. The van der Waals surface area contributed by atoms with Crippen LogP contribution in [-0.2, 0) is 6.42 Å². The zero-order valence-electron chi connectivity index (χ0n) is 11.2. The largest absolute Gasteiger partial charge is 0.271 e. The summed E-state index contributed by atoms with van der Waals surface area (Å²) < 4.78 is 17.7. The van der Waals surface area contributed by atoms with E-state index in [1.54, 1.807) is 12.1 Å². The number of nitrogens with one attached hydrogen (secondary N) is 1. The number of hydrogen-bond donors (Lipinski definition) is 2. The van der Waals surface area contributed by atoms with Crippen molar-refractivity contribution in [3.63, 3.8) is 0 Å². The molecule has 0 saturated heterocycles. The minimum atomic E-state index is -0.270. The SMILES string of the molecule is CC(C)c1nnsc1C(Cc1ccc(F)c(Br)c1)NN. The Kier molecular flexibility index (Phi) is 5.20. The Balaban J connectivity index is 2.24. The van der Waals surface area contributed by atoms with E-state index in [1.165, 1.54) is 17.6 Å². The third-order valence-corrected chi connectivity index (χ3v) is 4.49. The van der Waals surface area contributed by atoms with Gasteiger partial charge in [-0.15, -0.1) is 5.10 Å². The van der Waals surface area contributed by atoms with Gasteiger partial charge in [0, 0.05) is 0 Å². The predicted molar refractivity (Wildman–Crippen MR) is 81.9 cm³/mol. The fourth-order valence-electron chi connectivity index (χ4n) is 1.98. The number of hydrogen-bond acceptors (Lipinski definition) is 5.